The molecule has 2 heteroatoms. The van der Waals surface area contributed by atoms with E-state index in [0.717, 1.165) is 25.3 Å². The third-order valence-electron chi connectivity index (χ3n) is 3.34. The number of hydrogen-bond acceptors (Lipinski definition) is 2. The Morgan fingerprint density at radius 3 is 2.00 bits per heavy atom. The van der Waals surface area contributed by atoms with Gasteiger partial charge in [-0.05, 0) is 41.8 Å². The lowest BCUT2D eigenvalue weighted by Gasteiger charge is -2.08. The number of rotatable bonds is 7. The fourth-order valence-electron chi connectivity index (χ4n) is 2.01. The monoisotopic (exact) mass is 269 g/mol. The normalized spacial score (nSPS) is 10.5. The van der Waals surface area contributed by atoms with Gasteiger partial charge in [0.25, 0.3) is 0 Å². The number of hydrogen-bond donors (Lipinski definition) is 1. The summed E-state index contributed by atoms with van der Waals surface area (Å²) >= 11 is 0. The van der Waals surface area contributed by atoms with Crippen molar-refractivity contribution in [3.63, 3.8) is 0 Å². The van der Waals surface area contributed by atoms with E-state index in [-0.39, 0.29) is 0 Å². The van der Waals surface area contributed by atoms with Gasteiger partial charge in [0.15, 0.2) is 0 Å². The molecule has 2 aromatic carbocycles. The van der Waals surface area contributed by atoms with Gasteiger partial charge >= 0.3 is 0 Å². The van der Waals surface area contributed by atoms with Gasteiger partial charge < -0.3 is 10.1 Å². The van der Waals surface area contributed by atoms with Crippen molar-refractivity contribution in [3.8, 4) is 5.75 Å². The van der Waals surface area contributed by atoms with Crippen molar-refractivity contribution in [1.82, 2.24) is 5.32 Å². The lowest BCUT2D eigenvalue weighted by Crippen LogP contribution is -2.11. The van der Waals surface area contributed by atoms with Crippen molar-refractivity contribution in [3.05, 3.63) is 65.2 Å². The van der Waals surface area contributed by atoms with E-state index in [4.69, 9.17) is 4.74 Å². The van der Waals surface area contributed by atoms with Crippen molar-refractivity contribution in [1.29, 1.82) is 0 Å². The molecule has 0 unspecified atom stereocenters. The molecule has 0 radical (unpaired) electrons. The minimum Gasteiger partial charge on any atom is -0.489 e. The molecule has 0 aromatic heterocycles. The Bertz CT molecular complexity index is 502. The van der Waals surface area contributed by atoms with Crippen LogP contribution in [-0.2, 0) is 19.6 Å². The van der Waals surface area contributed by atoms with Crippen LogP contribution in [0.15, 0.2) is 48.5 Å². The fourth-order valence-corrected chi connectivity index (χ4v) is 2.01. The van der Waals surface area contributed by atoms with E-state index in [2.05, 4.69) is 55.6 Å². The average Bonchev–Trinajstić information content (AvgIpc) is 2.52. The highest BCUT2D eigenvalue weighted by molar-refractivity contribution is 5.28. The van der Waals surface area contributed by atoms with Crippen molar-refractivity contribution in [2.75, 3.05) is 6.54 Å². The summed E-state index contributed by atoms with van der Waals surface area (Å²) in [6.07, 6.45) is 1.06. The van der Waals surface area contributed by atoms with Gasteiger partial charge in [0, 0.05) is 6.54 Å². The molecular formula is C18H23NO. The summed E-state index contributed by atoms with van der Waals surface area (Å²) in [4.78, 5) is 0. The SMILES string of the molecule is CCNCc1ccc(COc2ccc(CC)cc2)cc1. The second-order valence-corrected chi connectivity index (χ2v) is 4.88. The molecule has 20 heavy (non-hydrogen) atoms. The van der Waals surface area contributed by atoms with E-state index >= 15 is 0 Å². The van der Waals surface area contributed by atoms with Crippen molar-refractivity contribution in [2.45, 2.75) is 33.4 Å². The number of benzene rings is 2. The van der Waals surface area contributed by atoms with Crippen LogP contribution in [0.25, 0.3) is 0 Å². The Balaban J connectivity index is 1.86. The molecule has 0 aliphatic carbocycles. The van der Waals surface area contributed by atoms with Crippen LogP contribution in [0.4, 0.5) is 0 Å². The van der Waals surface area contributed by atoms with Gasteiger partial charge in [-0.1, -0.05) is 50.2 Å². The molecule has 0 amide bonds. The zero-order valence-corrected chi connectivity index (χ0v) is 12.4. The van der Waals surface area contributed by atoms with E-state index < -0.39 is 0 Å². The first-order valence-corrected chi connectivity index (χ1v) is 7.32. The number of aryl methyl sites for hydroxylation is 1. The summed E-state index contributed by atoms with van der Waals surface area (Å²) in [6, 6.07) is 16.9. The van der Waals surface area contributed by atoms with Gasteiger partial charge in [0.2, 0.25) is 0 Å². The zero-order chi connectivity index (χ0) is 14.2. The Morgan fingerprint density at radius 1 is 0.800 bits per heavy atom. The molecule has 0 saturated carbocycles. The van der Waals surface area contributed by atoms with Crippen LogP contribution in [0.2, 0.25) is 0 Å². The first-order valence-electron chi connectivity index (χ1n) is 7.32. The van der Waals surface area contributed by atoms with Gasteiger partial charge in [-0.15, -0.1) is 0 Å². The van der Waals surface area contributed by atoms with E-state index in [0.29, 0.717) is 6.61 Å². The van der Waals surface area contributed by atoms with E-state index in [1.165, 1.54) is 16.7 Å². The smallest absolute Gasteiger partial charge is 0.119 e. The Hall–Kier alpha value is -1.80. The van der Waals surface area contributed by atoms with Crippen LogP contribution in [-0.4, -0.2) is 6.54 Å². The van der Waals surface area contributed by atoms with Gasteiger partial charge in [-0.25, -0.2) is 0 Å². The molecule has 0 heterocycles. The van der Waals surface area contributed by atoms with Gasteiger partial charge in [-0.2, -0.15) is 0 Å². The highest BCUT2D eigenvalue weighted by Crippen LogP contribution is 2.15. The predicted molar refractivity (Wildman–Crippen MR) is 84.0 cm³/mol. The molecule has 0 fully saturated rings. The van der Waals surface area contributed by atoms with Crippen LogP contribution in [0.3, 0.4) is 0 Å². The Labute approximate surface area is 121 Å². The maximum absolute atomic E-state index is 5.80. The van der Waals surface area contributed by atoms with Gasteiger partial charge in [0.1, 0.15) is 12.4 Å². The Kier molecular flexibility index (Phi) is 5.63. The topological polar surface area (TPSA) is 21.3 Å². The highest BCUT2D eigenvalue weighted by atomic mass is 16.5. The Morgan fingerprint density at radius 2 is 1.40 bits per heavy atom. The molecule has 0 bridgehead atoms. The van der Waals surface area contributed by atoms with E-state index in [9.17, 15) is 0 Å². The molecular weight excluding hydrogens is 246 g/mol. The molecule has 106 valence electrons. The summed E-state index contributed by atoms with van der Waals surface area (Å²) in [5.74, 6) is 0.930. The van der Waals surface area contributed by atoms with Gasteiger partial charge in [0.05, 0.1) is 0 Å². The third-order valence-corrected chi connectivity index (χ3v) is 3.34. The number of ether oxygens (including phenoxy) is 1. The lowest BCUT2D eigenvalue weighted by atomic mass is 10.1. The molecule has 0 aliphatic rings. The molecule has 0 spiro atoms. The summed E-state index contributed by atoms with van der Waals surface area (Å²) < 4.78 is 5.80. The maximum Gasteiger partial charge on any atom is 0.119 e. The third kappa shape index (κ3) is 4.39. The molecule has 0 aliphatic heterocycles. The maximum atomic E-state index is 5.80. The number of nitrogens with one attached hydrogen (secondary N) is 1. The van der Waals surface area contributed by atoms with Crippen LogP contribution >= 0.6 is 0 Å². The largest absolute Gasteiger partial charge is 0.489 e. The quantitative estimate of drug-likeness (QED) is 0.822. The van der Waals surface area contributed by atoms with Crippen LogP contribution in [0.5, 0.6) is 5.75 Å². The first kappa shape index (κ1) is 14.6. The average molecular weight is 269 g/mol. The molecule has 2 rings (SSSR count). The summed E-state index contributed by atoms with van der Waals surface area (Å²) in [5.41, 5.74) is 3.85. The van der Waals surface area contributed by atoms with Crippen LogP contribution in [0.1, 0.15) is 30.5 Å². The van der Waals surface area contributed by atoms with Crippen molar-refractivity contribution < 1.29 is 4.74 Å². The van der Waals surface area contributed by atoms with E-state index in [1.54, 1.807) is 0 Å². The minimum absolute atomic E-state index is 0.618. The molecule has 2 nitrogen and oxygen atoms in total. The molecule has 0 atom stereocenters. The first-order chi connectivity index (χ1) is 9.81. The predicted octanol–water partition coefficient (Wildman–Crippen LogP) is 3.94. The standard InChI is InChI=1S/C18H23NO/c1-3-15-9-11-18(12-10-15)20-14-17-7-5-16(6-8-17)13-19-4-2/h5-12,19H,3-4,13-14H2,1-2H3. The molecule has 0 saturated heterocycles. The van der Waals surface area contributed by atoms with Crippen molar-refractivity contribution in [2.24, 2.45) is 0 Å². The van der Waals surface area contributed by atoms with E-state index in [1.807, 2.05) is 12.1 Å². The summed E-state index contributed by atoms with van der Waals surface area (Å²) in [6.45, 7) is 6.82. The summed E-state index contributed by atoms with van der Waals surface area (Å²) in [5, 5.41) is 3.32. The van der Waals surface area contributed by atoms with Crippen LogP contribution < -0.4 is 10.1 Å². The fraction of sp³-hybridized carbons (Fsp3) is 0.333. The van der Waals surface area contributed by atoms with Crippen molar-refractivity contribution >= 4 is 0 Å². The molecule has 2 aromatic rings. The zero-order valence-electron chi connectivity index (χ0n) is 12.4. The second kappa shape index (κ2) is 7.71. The minimum atomic E-state index is 0.618. The lowest BCUT2D eigenvalue weighted by molar-refractivity contribution is 0.306. The molecule has 1 N–H and O–H groups in total. The second-order valence-electron chi connectivity index (χ2n) is 4.88. The van der Waals surface area contributed by atoms with Crippen LogP contribution in [0, 0.1) is 0 Å². The highest BCUT2D eigenvalue weighted by Gasteiger charge is 1.97. The summed E-state index contributed by atoms with van der Waals surface area (Å²) in [7, 11) is 0. The van der Waals surface area contributed by atoms with Gasteiger partial charge in [-0.3, -0.25) is 0 Å².